The van der Waals surface area contributed by atoms with Crippen molar-refractivity contribution in [3.05, 3.63) is 0 Å². The van der Waals surface area contributed by atoms with E-state index in [-0.39, 0.29) is 5.92 Å². The van der Waals surface area contributed by atoms with E-state index in [2.05, 4.69) is 46.2 Å². The third-order valence-corrected chi connectivity index (χ3v) is 6.81. The van der Waals surface area contributed by atoms with Gasteiger partial charge in [0.25, 0.3) is 0 Å². The minimum Gasteiger partial charge on any atom is -0.357 e. The molecule has 166 valence electrons. The first-order valence-corrected chi connectivity index (χ1v) is 11.8. The first-order chi connectivity index (χ1) is 14.1. The summed E-state index contributed by atoms with van der Waals surface area (Å²) in [7, 11) is 2.19. The lowest BCUT2D eigenvalue weighted by Crippen LogP contribution is -2.50. The number of hydrogen-bond donors (Lipinski definition) is 2. The predicted octanol–water partition coefficient (Wildman–Crippen LogP) is 1.36. The van der Waals surface area contributed by atoms with Gasteiger partial charge in [0.2, 0.25) is 5.91 Å². The van der Waals surface area contributed by atoms with E-state index < -0.39 is 0 Å². The summed E-state index contributed by atoms with van der Waals surface area (Å²) in [6.07, 6.45) is 6.91. The van der Waals surface area contributed by atoms with Crippen LogP contribution in [0, 0.1) is 5.92 Å². The Kier molecular flexibility index (Phi) is 8.60. The highest BCUT2D eigenvalue weighted by molar-refractivity contribution is 5.81. The van der Waals surface area contributed by atoms with Gasteiger partial charge >= 0.3 is 0 Å². The molecule has 2 N–H and O–H groups in total. The van der Waals surface area contributed by atoms with E-state index in [1.807, 2.05) is 0 Å². The third-order valence-electron chi connectivity index (χ3n) is 6.81. The number of aliphatic imine (C=N–C) groups is 1. The van der Waals surface area contributed by atoms with Crippen molar-refractivity contribution >= 4 is 11.9 Å². The summed E-state index contributed by atoms with van der Waals surface area (Å²) in [5, 5.41) is 6.98. The summed E-state index contributed by atoms with van der Waals surface area (Å²) in [6.45, 7) is 12.3. The van der Waals surface area contributed by atoms with Crippen molar-refractivity contribution in [3.63, 3.8) is 0 Å². The molecule has 29 heavy (non-hydrogen) atoms. The van der Waals surface area contributed by atoms with Gasteiger partial charge in [0, 0.05) is 63.8 Å². The van der Waals surface area contributed by atoms with Crippen LogP contribution in [-0.4, -0.2) is 98.1 Å². The average molecular weight is 407 g/mol. The van der Waals surface area contributed by atoms with Crippen LogP contribution < -0.4 is 10.6 Å². The number of amides is 1. The molecule has 2 unspecified atom stereocenters. The highest BCUT2D eigenvalue weighted by Crippen LogP contribution is 2.26. The lowest BCUT2D eigenvalue weighted by molar-refractivity contribution is -0.135. The van der Waals surface area contributed by atoms with E-state index in [9.17, 15) is 4.79 Å². The molecule has 0 radical (unpaired) electrons. The van der Waals surface area contributed by atoms with Crippen molar-refractivity contribution in [1.29, 1.82) is 0 Å². The van der Waals surface area contributed by atoms with Gasteiger partial charge in [0.15, 0.2) is 5.96 Å². The van der Waals surface area contributed by atoms with Crippen molar-refractivity contribution < 1.29 is 4.79 Å². The van der Waals surface area contributed by atoms with Crippen LogP contribution >= 0.6 is 0 Å². The monoisotopic (exact) mass is 406 g/mol. The van der Waals surface area contributed by atoms with Gasteiger partial charge in [-0.3, -0.25) is 14.7 Å². The average Bonchev–Trinajstić information content (AvgIpc) is 3.21. The van der Waals surface area contributed by atoms with Crippen LogP contribution in [0.3, 0.4) is 0 Å². The van der Waals surface area contributed by atoms with E-state index in [1.165, 1.54) is 19.3 Å². The second-order valence-electron chi connectivity index (χ2n) is 9.16. The summed E-state index contributed by atoms with van der Waals surface area (Å²) >= 11 is 0. The molecule has 0 spiro atoms. The molecule has 1 saturated carbocycles. The molecule has 7 heteroatoms. The first kappa shape index (κ1) is 22.3. The zero-order valence-corrected chi connectivity index (χ0v) is 18.8. The quantitative estimate of drug-likeness (QED) is 0.515. The molecule has 3 rings (SSSR count). The van der Waals surface area contributed by atoms with Crippen molar-refractivity contribution in [2.24, 2.45) is 10.9 Å². The molecule has 7 nitrogen and oxygen atoms in total. The molecule has 3 fully saturated rings. The van der Waals surface area contributed by atoms with E-state index >= 15 is 0 Å². The minimum atomic E-state index is 0.272. The Balaban J connectivity index is 1.47. The molecule has 1 amide bonds. The Morgan fingerprint density at radius 3 is 2.48 bits per heavy atom. The summed E-state index contributed by atoms with van der Waals surface area (Å²) in [5.74, 6) is 1.55. The Morgan fingerprint density at radius 1 is 1.07 bits per heavy atom. The summed E-state index contributed by atoms with van der Waals surface area (Å²) < 4.78 is 0. The summed E-state index contributed by atoms with van der Waals surface area (Å²) in [5.41, 5.74) is 0. The van der Waals surface area contributed by atoms with Gasteiger partial charge < -0.3 is 20.4 Å². The Labute approximate surface area is 177 Å². The van der Waals surface area contributed by atoms with Crippen LogP contribution in [0.2, 0.25) is 0 Å². The SMILES string of the molecule is CCNC(=NCC(C)N1CCN(C)CC1)NC1CCN(C(=O)C2CCCCC2)C1. The fraction of sp³-hybridized carbons (Fsp3) is 0.909. The zero-order chi connectivity index (χ0) is 20.6. The zero-order valence-electron chi connectivity index (χ0n) is 18.8. The lowest BCUT2D eigenvalue weighted by atomic mass is 9.88. The number of likely N-dealkylation sites (tertiary alicyclic amines) is 1. The fourth-order valence-corrected chi connectivity index (χ4v) is 4.80. The maximum Gasteiger partial charge on any atom is 0.225 e. The van der Waals surface area contributed by atoms with Crippen LogP contribution in [0.1, 0.15) is 52.4 Å². The molecule has 0 aromatic carbocycles. The predicted molar refractivity (Wildman–Crippen MR) is 119 cm³/mol. The third kappa shape index (κ3) is 6.57. The Morgan fingerprint density at radius 2 is 1.79 bits per heavy atom. The van der Waals surface area contributed by atoms with E-state index in [0.717, 1.165) is 77.6 Å². The van der Waals surface area contributed by atoms with Crippen LogP contribution in [0.5, 0.6) is 0 Å². The van der Waals surface area contributed by atoms with Gasteiger partial charge in [0.05, 0.1) is 6.54 Å². The molecule has 1 aliphatic carbocycles. The maximum absolute atomic E-state index is 12.8. The van der Waals surface area contributed by atoms with Gasteiger partial charge in [-0.2, -0.15) is 0 Å². The van der Waals surface area contributed by atoms with E-state index in [4.69, 9.17) is 4.99 Å². The van der Waals surface area contributed by atoms with E-state index in [1.54, 1.807) is 0 Å². The molecule has 2 atom stereocenters. The van der Waals surface area contributed by atoms with Gasteiger partial charge in [0.1, 0.15) is 0 Å². The maximum atomic E-state index is 12.8. The minimum absolute atomic E-state index is 0.272. The molecule has 2 aliphatic heterocycles. The molecule has 0 bridgehead atoms. The van der Waals surface area contributed by atoms with Crippen molar-refractivity contribution in [2.45, 2.75) is 64.5 Å². The number of nitrogens with one attached hydrogen (secondary N) is 2. The van der Waals surface area contributed by atoms with Crippen LogP contribution in [0.25, 0.3) is 0 Å². The Hall–Kier alpha value is -1.34. The van der Waals surface area contributed by atoms with Gasteiger partial charge in [-0.05, 0) is 40.2 Å². The Bertz CT molecular complexity index is 539. The number of guanidine groups is 1. The van der Waals surface area contributed by atoms with Gasteiger partial charge in [-0.15, -0.1) is 0 Å². The van der Waals surface area contributed by atoms with Crippen molar-refractivity contribution in [3.8, 4) is 0 Å². The number of carbonyl (C=O) groups excluding carboxylic acids is 1. The topological polar surface area (TPSA) is 63.2 Å². The van der Waals surface area contributed by atoms with Crippen LogP contribution in [0.15, 0.2) is 4.99 Å². The van der Waals surface area contributed by atoms with Crippen molar-refractivity contribution in [2.75, 3.05) is 59.4 Å². The number of carbonyl (C=O) groups is 1. The van der Waals surface area contributed by atoms with Crippen molar-refractivity contribution in [1.82, 2.24) is 25.3 Å². The second kappa shape index (κ2) is 11.2. The normalized spacial score (nSPS) is 26.5. The number of rotatable bonds is 6. The molecule has 2 heterocycles. The highest BCUT2D eigenvalue weighted by atomic mass is 16.2. The fourth-order valence-electron chi connectivity index (χ4n) is 4.80. The molecule has 3 aliphatic rings. The van der Waals surface area contributed by atoms with Crippen LogP contribution in [-0.2, 0) is 4.79 Å². The number of nitrogens with zero attached hydrogens (tertiary/aromatic N) is 4. The molecular weight excluding hydrogens is 364 g/mol. The standard InChI is InChI=1S/C22H42N6O/c1-4-23-22(24-16-18(2)27-14-12-26(3)13-15-27)25-20-10-11-28(17-20)21(29)19-8-6-5-7-9-19/h18-20H,4-17H2,1-3H3,(H2,23,24,25). The summed E-state index contributed by atoms with van der Waals surface area (Å²) in [6, 6.07) is 0.756. The lowest BCUT2D eigenvalue weighted by Gasteiger charge is -2.36. The largest absolute Gasteiger partial charge is 0.357 e. The van der Waals surface area contributed by atoms with Gasteiger partial charge in [-0.25, -0.2) is 0 Å². The molecule has 0 aromatic heterocycles. The second-order valence-corrected chi connectivity index (χ2v) is 9.16. The number of hydrogen-bond acceptors (Lipinski definition) is 4. The number of piperazine rings is 1. The molecule has 0 aromatic rings. The van der Waals surface area contributed by atoms with Crippen LogP contribution in [0.4, 0.5) is 0 Å². The van der Waals surface area contributed by atoms with Gasteiger partial charge in [-0.1, -0.05) is 19.3 Å². The summed E-state index contributed by atoms with van der Waals surface area (Å²) in [4.78, 5) is 24.7. The van der Waals surface area contributed by atoms with E-state index in [0.29, 0.717) is 18.0 Å². The highest BCUT2D eigenvalue weighted by Gasteiger charge is 2.31. The molecule has 2 saturated heterocycles. The number of likely N-dealkylation sites (N-methyl/N-ethyl adjacent to an activating group) is 1. The first-order valence-electron chi connectivity index (χ1n) is 11.8. The molecular formula is C22H42N6O. The smallest absolute Gasteiger partial charge is 0.225 e.